The van der Waals surface area contributed by atoms with Gasteiger partial charge in [-0.15, -0.1) is 11.8 Å². The zero-order valence-corrected chi connectivity index (χ0v) is 10.3. The summed E-state index contributed by atoms with van der Waals surface area (Å²) in [4.78, 5) is 13.1. The highest BCUT2D eigenvalue weighted by molar-refractivity contribution is 8.03. The van der Waals surface area contributed by atoms with E-state index < -0.39 is 0 Å². The Morgan fingerprint density at radius 1 is 1.18 bits per heavy atom. The van der Waals surface area contributed by atoms with Crippen LogP contribution in [-0.2, 0) is 4.79 Å². The van der Waals surface area contributed by atoms with Crippen molar-refractivity contribution in [2.75, 3.05) is 5.75 Å². The van der Waals surface area contributed by atoms with Gasteiger partial charge in [-0.2, -0.15) is 0 Å². The zero-order valence-electron chi connectivity index (χ0n) is 9.50. The van der Waals surface area contributed by atoms with Gasteiger partial charge < -0.3 is 0 Å². The number of benzene rings is 1. The van der Waals surface area contributed by atoms with Crippen molar-refractivity contribution in [1.29, 1.82) is 0 Å². The highest BCUT2D eigenvalue weighted by Gasteiger charge is 2.32. The van der Waals surface area contributed by atoms with Gasteiger partial charge in [-0.3, -0.25) is 4.79 Å². The first-order valence-corrected chi connectivity index (χ1v) is 6.93. The molecule has 0 aromatic heterocycles. The van der Waals surface area contributed by atoms with E-state index in [1.807, 2.05) is 23.9 Å². The van der Waals surface area contributed by atoms with E-state index in [2.05, 4.69) is 30.3 Å². The highest BCUT2D eigenvalue weighted by atomic mass is 32.2. The molecule has 1 aliphatic heterocycles. The van der Waals surface area contributed by atoms with E-state index in [1.165, 1.54) is 10.5 Å². The van der Waals surface area contributed by atoms with Crippen LogP contribution >= 0.6 is 11.8 Å². The molecule has 1 nitrogen and oxygen atoms in total. The number of rotatable bonds is 1. The van der Waals surface area contributed by atoms with E-state index in [4.69, 9.17) is 0 Å². The standard InChI is InChI=1S/C15H14OS/c16-14-7-4-8-15-13(14)9-12(10-17-15)11-5-2-1-3-6-11/h1-8,12-13H,9-10H2. The Morgan fingerprint density at radius 2 is 2.00 bits per heavy atom. The van der Waals surface area contributed by atoms with Gasteiger partial charge in [0.05, 0.1) is 5.92 Å². The molecule has 2 aliphatic rings. The van der Waals surface area contributed by atoms with Crippen molar-refractivity contribution < 1.29 is 4.79 Å². The summed E-state index contributed by atoms with van der Waals surface area (Å²) >= 11 is 1.84. The first-order valence-electron chi connectivity index (χ1n) is 5.94. The average molecular weight is 242 g/mol. The summed E-state index contributed by atoms with van der Waals surface area (Å²) in [5.74, 6) is 1.99. The molecule has 2 atom stereocenters. The summed E-state index contributed by atoms with van der Waals surface area (Å²) in [6.45, 7) is 0. The Kier molecular flexibility index (Phi) is 2.89. The van der Waals surface area contributed by atoms with Crippen LogP contribution in [0, 0.1) is 5.92 Å². The van der Waals surface area contributed by atoms with Crippen LogP contribution in [0.1, 0.15) is 17.9 Å². The molecule has 1 aliphatic carbocycles. The first-order chi connectivity index (χ1) is 8.34. The maximum atomic E-state index is 11.9. The maximum Gasteiger partial charge on any atom is 0.163 e. The molecule has 1 aromatic carbocycles. The van der Waals surface area contributed by atoms with Crippen molar-refractivity contribution in [2.24, 2.45) is 5.92 Å². The molecule has 86 valence electrons. The number of fused-ring (bicyclic) bond motifs is 1. The summed E-state index contributed by atoms with van der Waals surface area (Å²) in [6, 6.07) is 10.5. The van der Waals surface area contributed by atoms with E-state index in [9.17, 15) is 4.79 Å². The molecule has 0 bridgehead atoms. The molecule has 1 saturated heterocycles. The molecular formula is C15H14OS. The van der Waals surface area contributed by atoms with E-state index >= 15 is 0 Å². The Morgan fingerprint density at radius 3 is 2.82 bits per heavy atom. The van der Waals surface area contributed by atoms with Crippen molar-refractivity contribution in [1.82, 2.24) is 0 Å². The second kappa shape index (κ2) is 4.53. The predicted octanol–water partition coefficient (Wildman–Crippen LogP) is 3.55. The van der Waals surface area contributed by atoms with Crippen LogP contribution in [0.5, 0.6) is 0 Å². The number of ketones is 1. The molecule has 0 spiro atoms. The molecule has 0 N–H and O–H groups in total. The van der Waals surface area contributed by atoms with Crippen LogP contribution < -0.4 is 0 Å². The Hall–Kier alpha value is -1.28. The zero-order chi connectivity index (χ0) is 11.7. The fourth-order valence-corrected chi connectivity index (χ4v) is 3.81. The molecule has 17 heavy (non-hydrogen) atoms. The molecule has 2 unspecified atom stereocenters. The number of carbonyl (C=O) groups is 1. The molecule has 1 fully saturated rings. The second-order valence-electron chi connectivity index (χ2n) is 4.54. The topological polar surface area (TPSA) is 17.1 Å². The van der Waals surface area contributed by atoms with Gasteiger partial charge in [0.1, 0.15) is 0 Å². The van der Waals surface area contributed by atoms with Gasteiger partial charge >= 0.3 is 0 Å². The van der Waals surface area contributed by atoms with Crippen molar-refractivity contribution in [3.05, 3.63) is 59.0 Å². The monoisotopic (exact) mass is 242 g/mol. The lowest BCUT2D eigenvalue weighted by Gasteiger charge is -2.31. The minimum Gasteiger partial charge on any atom is -0.294 e. The molecule has 3 rings (SSSR count). The van der Waals surface area contributed by atoms with Crippen molar-refractivity contribution >= 4 is 17.5 Å². The normalized spacial score (nSPS) is 27.5. The summed E-state index contributed by atoms with van der Waals surface area (Å²) < 4.78 is 0. The molecule has 2 heteroatoms. The summed E-state index contributed by atoms with van der Waals surface area (Å²) in [7, 11) is 0. The van der Waals surface area contributed by atoms with E-state index in [0.717, 1.165) is 12.2 Å². The summed E-state index contributed by atoms with van der Waals surface area (Å²) in [5, 5.41) is 0. The van der Waals surface area contributed by atoms with E-state index in [-0.39, 0.29) is 11.7 Å². The minimum absolute atomic E-state index is 0.115. The Balaban J connectivity index is 1.83. The van der Waals surface area contributed by atoms with Gasteiger partial charge in [0.2, 0.25) is 0 Å². The van der Waals surface area contributed by atoms with Gasteiger partial charge in [-0.05, 0) is 28.9 Å². The predicted molar refractivity (Wildman–Crippen MR) is 72.0 cm³/mol. The van der Waals surface area contributed by atoms with Gasteiger partial charge in [0.25, 0.3) is 0 Å². The smallest absolute Gasteiger partial charge is 0.163 e. The van der Waals surface area contributed by atoms with Gasteiger partial charge in [0.15, 0.2) is 5.78 Å². The summed E-state index contributed by atoms with van der Waals surface area (Å²) in [5.41, 5.74) is 1.36. The van der Waals surface area contributed by atoms with Crippen molar-refractivity contribution in [3.63, 3.8) is 0 Å². The summed E-state index contributed by atoms with van der Waals surface area (Å²) in [6.07, 6.45) is 6.65. The van der Waals surface area contributed by atoms with Crippen molar-refractivity contribution in [2.45, 2.75) is 12.3 Å². The fraction of sp³-hybridized carbons (Fsp3) is 0.267. The molecule has 0 saturated carbocycles. The van der Waals surface area contributed by atoms with Crippen LogP contribution in [0.4, 0.5) is 0 Å². The first kappa shape index (κ1) is 10.8. The highest BCUT2D eigenvalue weighted by Crippen LogP contribution is 2.43. The third kappa shape index (κ3) is 2.09. The van der Waals surface area contributed by atoms with Gasteiger partial charge in [-0.1, -0.05) is 42.5 Å². The minimum atomic E-state index is 0.115. The second-order valence-corrected chi connectivity index (χ2v) is 5.63. The van der Waals surface area contributed by atoms with Crippen LogP contribution in [-0.4, -0.2) is 11.5 Å². The van der Waals surface area contributed by atoms with Crippen LogP contribution in [0.3, 0.4) is 0 Å². The van der Waals surface area contributed by atoms with Crippen LogP contribution in [0.2, 0.25) is 0 Å². The number of hydrogen-bond donors (Lipinski definition) is 0. The van der Waals surface area contributed by atoms with Crippen LogP contribution in [0.15, 0.2) is 53.5 Å². The third-order valence-electron chi connectivity index (χ3n) is 3.45. The Bertz CT molecular complexity index is 487. The number of hydrogen-bond acceptors (Lipinski definition) is 2. The lowest BCUT2D eigenvalue weighted by molar-refractivity contribution is -0.117. The van der Waals surface area contributed by atoms with Crippen molar-refractivity contribution in [3.8, 4) is 0 Å². The van der Waals surface area contributed by atoms with Crippen LogP contribution in [0.25, 0.3) is 0 Å². The van der Waals surface area contributed by atoms with Gasteiger partial charge in [0, 0.05) is 5.75 Å². The SMILES string of the molecule is O=C1C=CC=C2SCC(c3ccccc3)CC12. The number of allylic oxidation sites excluding steroid dienone is 4. The van der Waals surface area contributed by atoms with Gasteiger partial charge in [-0.25, -0.2) is 0 Å². The largest absolute Gasteiger partial charge is 0.294 e. The fourth-order valence-electron chi connectivity index (χ4n) is 2.50. The molecule has 1 heterocycles. The third-order valence-corrected chi connectivity index (χ3v) is 4.77. The molecule has 1 aromatic rings. The Labute approximate surface area is 106 Å². The number of carbonyl (C=O) groups excluding carboxylic acids is 1. The molecular weight excluding hydrogens is 228 g/mol. The molecule has 0 amide bonds. The lowest BCUT2D eigenvalue weighted by atomic mass is 9.85. The molecule has 0 radical (unpaired) electrons. The number of thioether (sulfide) groups is 1. The average Bonchev–Trinajstić information content (AvgIpc) is 2.40. The van der Waals surface area contributed by atoms with E-state index in [1.54, 1.807) is 6.08 Å². The lowest BCUT2D eigenvalue weighted by Crippen LogP contribution is -2.24. The maximum absolute atomic E-state index is 11.9. The quantitative estimate of drug-likeness (QED) is 0.749. The van der Waals surface area contributed by atoms with E-state index in [0.29, 0.717) is 5.92 Å².